The average Bonchev–Trinajstić information content (AvgIpc) is 3.07. The molecule has 0 saturated heterocycles. The molecule has 2 aromatic rings. The second-order valence-corrected chi connectivity index (χ2v) is 4.89. The van der Waals surface area contributed by atoms with E-state index in [-0.39, 0.29) is 18.2 Å². The fourth-order valence-corrected chi connectivity index (χ4v) is 2.58. The van der Waals surface area contributed by atoms with Crippen molar-refractivity contribution in [3.63, 3.8) is 0 Å². The van der Waals surface area contributed by atoms with Crippen LogP contribution in [-0.4, -0.2) is 28.7 Å². The van der Waals surface area contributed by atoms with Crippen molar-refractivity contribution in [3.05, 3.63) is 33.6 Å². The molecule has 2 N–H and O–H groups in total. The predicted octanol–water partition coefficient (Wildman–Crippen LogP) is 2.46. The SMILES string of the molecule is CCOC(=O)c1cc(NC(=O)c2sccc2CC)n[nH]1. The van der Waals surface area contributed by atoms with E-state index >= 15 is 0 Å². The molecule has 0 aliphatic rings. The first-order valence-corrected chi connectivity index (χ1v) is 7.13. The maximum Gasteiger partial charge on any atom is 0.356 e. The summed E-state index contributed by atoms with van der Waals surface area (Å²) in [4.78, 5) is 24.2. The van der Waals surface area contributed by atoms with Gasteiger partial charge >= 0.3 is 5.97 Å². The van der Waals surface area contributed by atoms with Crippen molar-refractivity contribution in [1.29, 1.82) is 0 Å². The van der Waals surface area contributed by atoms with Crippen LogP contribution in [-0.2, 0) is 11.2 Å². The Hall–Kier alpha value is -2.15. The molecular weight excluding hydrogens is 278 g/mol. The van der Waals surface area contributed by atoms with E-state index in [4.69, 9.17) is 4.74 Å². The van der Waals surface area contributed by atoms with E-state index in [1.165, 1.54) is 17.4 Å². The van der Waals surface area contributed by atoms with Crippen LogP contribution in [0.3, 0.4) is 0 Å². The van der Waals surface area contributed by atoms with Crippen LogP contribution in [0.25, 0.3) is 0 Å². The van der Waals surface area contributed by atoms with Crippen LogP contribution in [0.4, 0.5) is 5.82 Å². The van der Waals surface area contributed by atoms with Gasteiger partial charge in [-0.05, 0) is 30.4 Å². The summed E-state index contributed by atoms with van der Waals surface area (Å²) < 4.78 is 4.83. The summed E-state index contributed by atoms with van der Waals surface area (Å²) in [6.07, 6.45) is 0.793. The Morgan fingerprint density at radius 1 is 1.45 bits per heavy atom. The number of anilines is 1. The summed E-state index contributed by atoms with van der Waals surface area (Å²) in [6.45, 7) is 4.00. The quantitative estimate of drug-likeness (QED) is 0.829. The van der Waals surface area contributed by atoms with Gasteiger partial charge in [0.25, 0.3) is 5.91 Å². The number of esters is 1. The number of rotatable bonds is 5. The number of carbonyl (C=O) groups is 2. The first-order chi connectivity index (χ1) is 9.65. The molecule has 20 heavy (non-hydrogen) atoms. The van der Waals surface area contributed by atoms with Crippen molar-refractivity contribution < 1.29 is 14.3 Å². The van der Waals surface area contributed by atoms with Crippen LogP contribution in [0.2, 0.25) is 0 Å². The number of carbonyl (C=O) groups excluding carboxylic acids is 2. The standard InChI is InChI=1S/C13H15N3O3S/c1-3-8-5-6-20-11(8)12(17)14-10-7-9(15-16-10)13(18)19-4-2/h5-7H,3-4H2,1-2H3,(H2,14,15,16,17). The highest BCUT2D eigenvalue weighted by atomic mass is 32.1. The van der Waals surface area contributed by atoms with Crippen LogP contribution in [0.5, 0.6) is 0 Å². The van der Waals surface area contributed by atoms with E-state index in [0.717, 1.165) is 12.0 Å². The number of amides is 1. The molecule has 0 aromatic carbocycles. The van der Waals surface area contributed by atoms with Gasteiger partial charge in [0.1, 0.15) is 5.69 Å². The monoisotopic (exact) mass is 293 g/mol. The summed E-state index contributed by atoms with van der Waals surface area (Å²) in [6, 6.07) is 3.38. The molecule has 2 rings (SSSR count). The molecule has 0 bridgehead atoms. The number of H-pyrrole nitrogens is 1. The Morgan fingerprint density at radius 2 is 2.25 bits per heavy atom. The lowest BCUT2D eigenvalue weighted by Crippen LogP contribution is -2.12. The number of hydrogen-bond donors (Lipinski definition) is 2. The third-order valence-electron chi connectivity index (χ3n) is 2.65. The Bertz CT molecular complexity index is 618. The van der Waals surface area contributed by atoms with E-state index in [1.54, 1.807) is 6.92 Å². The lowest BCUT2D eigenvalue weighted by molar-refractivity contribution is 0.0519. The van der Waals surface area contributed by atoms with Crippen molar-refractivity contribution in [2.45, 2.75) is 20.3 Å². The summed E-state index contributed by atoms with van der Waals surface area (Å²) >= 11 is 1.38. The molecule has 0 aliphatic carbocycles. The molecule has 2 aromatic heterocycles. The maximum absolute atomic E-state index is 12.1. The first kappa shape index (κ1) is 14.3. The number of ether oxygens (including phenoxy) is 1. The van der Waals surface area contributed by atoms with Crippen LogP contribution in [0.1, 0.15) is 39.6 Å². The molecule has 0 fully saturated rings. The predicted molar refractivity (Wildman–Crippen MR) is 76.2 cm³/mol. The lowest BCUT2D eigenvalue weighted by Gasteiger charge is -2.01. The van der Waals surface area contributed by atoms with Gasteiger partial charge in [0.2, 0.25) is 0 Å². The molecule has 6 nitrogen and oxygen atoms in total. The number of nitrogens with one attached hydrogen (secondary N) is 2. The van der Waals surface area contributed by atoms with Crippen molar-refractivity contribution in [2.75, 3.05) is 11.9 Å². The third-order valence-corrected chi connectivity index (χ3v) is 3.60. The summed E-state index contributed by atoms with van der Waals surface area (Å²) in [7, 11) is 0. The average molecular weight is 293 g/mol. The van der Waals surface area contributed by atoms with Crippen LogP contribution >= 0.6 is 11.3 Å². The summed E-state index contributed by atoms with van der Waals surface area (Å²) in [5.41, 5.74) is 1.21. The second-order valence-electron chi connectivity index (χ2n) is 3.97. The Balaban J connectivity index is 2.07. The van der Waals surface area contributed by atoms with Gasteiger partial charge in [-0.15, -0.1) is 11.3 Å². The molecular formula is C13H15N3O3S. The number of aromatic amines is 1. The molecule has 2 heterocycles. The van der Waals surface area contributed by atoms with Gasteiger partial charge in [-0.25, -0.2) is 4.79 Å². The zero-order chi connectivity index (χ0) is 14.5. The van der Waals surface area contributed by atoms with Crippen molar-refractivity contribution in [2.24, 2.45) is 0 Å². The van der Waals surface area contributed by atoms with E-state index in [2.05, 4.69) is 15.5 Å². The lowest BCUT2D eigenvalue weighted by atomic mass is 10.2. The van der Waals surface area contributed by atoms with Crippen LogP contribution < -0.4 is 5.32 Å². The number of nitrogens with zero attached hydrogens (tertiary/aromatic N) is 1. The molecule has 0 aliphatic heterocycles. The van der Waals surface area contributed by atoms with E-state index < -0.39 is 5.97 Å². The third kappa shape index (κ3) is 3.05. The molecule has 0 atom stereocenters. The van der Waals surface area contributed by atoms with E-state index in [0.29, 0.717) is 10.7 Å². The van der Waals surface area contributed by atoms with Gasteiger partial charge in [-0.2, -0.15) is 5.10 Å². The highest BCUT2D eigenvalue weighted by Gasteiger charge is 2.15. The maximum atomic E-state index is 12.1. The minimum atomic E-state index is -0.495. The number of aromatic nitrogens is 2. The Morgan fingerprint density at radius 3 is 2.95 bits per heavy atom. The minimum Gasteiger partial charge on any atom is -0.461 e. The first-order valence-electron chi connectivity index (χ1n) is 6.26. The fraction of sp³-hybridized carbons (Fsp3) is 0.308. The van der Waals surface area contributed by atoms with E-state index in [1.807, 2.05) is 18.4 Å². The Labute approximate surface area is 120 Å². The zero-order valence-electron chi connectivity index (χ0n) is 11.2. The minimum absolute atomic E-state index is 0.212. The smallest absolute Gasteiger partial charge is 0.356 e. The molecule has 7 heteroatoms. The molecule has 0 saturated carbocycles. The molecule has 0 radical (unpaired) electrons. The van der Waals surface area contributed by atoms with Crippen LogP contribution in [0, 0.1) is 0 Å². The number of aryl methyl sites for hydroxylation is 1. The van der Waals surface area contributed by atoms with Crippen molar-refractivity contribution in [1.82, 2.24) is 10.2 Å². The summed E-state index contributed by atoms with van der Waals surface area (Å²) in [5.74, 6) is -0.418. The number of hydrogen-bond acceptors (Lipinski definition) is 5. The van der Waals surface area contributed by atoms with Crippen LogP contribution in [0.15, 0.2) is 17.5 Å². The fourth-order valence-electron chi connectivity index (χ4n) is 1.69. The number of thiophene rings is 1. The second kappa shape index (κ2) is 6.33. The van der Waals surface area contributed by atoms with Crippen molar-refractivity contribution in [3.8, 4) is 0 Å². The zero-order valence-corrected chi connectivity index (χ0v) is 12.0. The van der Waals surface area contributed by atoms with Gasteiger partial charge in [-0.1, -0.05) is 6.92 Å². The largest absolute Gasteiger partial charge is 0.461 e. The van der Waals surface area contributed by atoms with E-state index in [9.17, 15) is 9.59 Å². The van der Waals surface area contributed by atoms with Gasteiger partial charge in [-0.3, -0.25) is 9.89 Å². The Kier molecular flexibility index (Phi) is 4.52. The molecule has 106 valence electrons. The topological polar surface area (TPSA) is 84.1 Å². The highest BCUT2D eigenvalue weighted by molar-refractivity contribution is 7.12. The molecule has 0 spiro atoms. The van der Waals surface area contributed by atoms with Gasteiger partial charge in [0.05, 0.1) is 11.5 Å². The van der Waals surface area contributed by atoms with Gasteiger partial charge < -0.3 is 10.1 Å². The van der Waals surface area contributed by atoms with Crippen molar-refractivity contribution >= 4 is 29.0 Å². The van der Waals surface area contributed by atoms with Gasteiger partial charge in [0, 0.05) is 6.07 Å². The molecule has 0 unspecified atom stereocenters. The highest BCUT2D eigenvalue weighted by Crippen LogP contribution is 2.19. The summed E-state index contributed by atoms with van der Waals surface area (Å²) in [5, 5.41) is 10.9. The van der Waals surface area contributed by atoms with Gasteiger partial charge in [0.15, 0.2) is 5.82 Å². The molecule has 1 amide bonds. The normalized spacial score (nSPS) is 10.3.